The molecule has 2 heterocycles. The topological polar surface area (TPSA) is 30.7 Å². The minimum Gasteiger partial charge on any atom is -0.235 e. The number of halogens is 3. The molecule has 0 aliphatic heterocycles. The Bertz CT molecular complexity index is 469. The molecule has 0 aliphatic rings. The molecule has 0 amide bonds. The molecule has 0 aliphatic carbocycles. The molecule has 2 rings (SSSR count). The van der Waals surface area contributed by atoms with E-state index in [9.17, 15) is 0 Å². The van der Waals surface area contributed by atoms with E-state index < -0.39 is 0 Å². The van der Waals surface area contributed by atoms with Gasteiger partial charge in [0.1, 0.15) is 0 Å². The van der Waals surface area contributed by atoms with Gasteiger partial charge in [-0.1, -0.05) is 23.2 Å². The van der Waals surface area contributed by atoms with Crippen LogP contribution in [-0.2, 0) is 0 Å². The quantitative estimate of drug-likeness (QED) is 0.807. The largest absolute Gasteiger partial charge is 0.235 e. The van der Waals surface area contributed by atoms with E-state index in [1.165, 1.54) is 0 Å². The predicted molar refractivity (Wildman–Crippen MR) is 59.1 cm³/mol. The van der Waals surface area contributed by atoms with Crippen molar-refractivity contribution in [3.63, 3.8) is 0 Å². The molecule has 0 spiro atoms. The summed E-state index contributed by atoms with van der Waals surface area (Å²) in [5, 5.41) is 5.16. The maximum absolute atomic E-state index is 5.76. The number of pyridine rings is 1. The Hall–Kier alpha value is -0.580. The second-order valence-corrected chi connectivity index (χ2v) is 4.29. The summed E-state index contributed by atoms with van der Waals surface area (Å²) in [5.41, 5.74) is 0. The lowest BCUT2D eigenvalue weighted by molar-refractivity contribution is 0.842. The SMILES string of the molecule is Clc1cnc(-n2cc(Cl)cn2)c(Br)c1. The Morgan fingerprint density at radius 1 is 1.21 bits per heavy atom. The van der Waals surface area contributed by atoms with Crippen LogP contribution < -0.4 is 0 Å². The summed E-state index contributed by atoms with van der Waals surface area (Å²) in [6.45, 7) is 0. The lowest BCUT2D eigenvalue weighted by Gasteiger charge is -2.02. The zero-order chi connectivity index (χ0) is 10.1. The first kappa shape index (κ1) is 9.96. The van der Waals surface area contributed by atoms with Crippen molar-refractivity contribution >= 4 is 39.1 Å². The second-order valence-electron chi connectivity index (χ2n) is 2.56. The van der Waals surface area contributed by atoms with Gasteiger partial charge in [-0.25, -0.2) is 9.67 Å². The first-order chi connectivity index (χ1) is 6.66. The van der Waals surface area contributed by atoms with Crippen LogP contribution in [0.4, 0.5) is 0 Å². The summed E-state index contributed by atoms with van der Waals surface area (Å²) in [4.78, 5) is 4.12. The lowest BCUT2D eigenvalue weighted by atomic mass is 10.4. The van der Waals surface area contributed by atoms with Gasteiger partial charge in [0.2, 0.25) is 0 Å². The summed E-state index contributed by atoms with van der Waals surface area (Å²) in [5.74, 6) is 0.654. The molecule has 2 aromatic heterocycles. The molecule has 2 aromatic rings. The lowest BCUT2D eigenvalue weighted by Crippen LogP contribution is -1.98. The van der Waals surface area contributed by atoms with Crippen molar-refractivity contribution < 1.29 is 0 Å². The van der Waals surface area contributed by atoms with Crippen LogP contribution >= 0.6 is 39.1 Å². The average Bonchev–Trinajstić information content (AvgIpc) is 2.51. The van der Waals surface area contributed by atoms with Crippen molar-refractivity contribution in [3.8, 4) is 5.82 Å². The molecular formula is C8H4BrCl2N3. The maximum Gasteiger partial charge on any atom is 0.167 e. The highest BCUT2D eigenvalue weighted by Crippen LogP contribution is 2.22. The van der Waals surface area contributed by atoms with Gasteiger partial charge in [0.05, 0.1) is 26.9 Å². The van der Waals surface area contributed by atoms with Crippen molar-refractivity contribution in [1.82, 2.24) is 14.8 Å². The van der Waals surface area contributed by atoms with Crippen LogP contribution in [0, 0.1) is 0 Å². The molecule has 0 unspecified atom stereocenters. The molecule has 0 saturated heterocycles. The van der Waals surface area contributed by atoms with Gasteiger partial charge in [-0.05, 0) is 22.0 Å². The van der Waals surface area contributed by atoms with E-state index in [0.717, 1.165) is 4.47 Å². The third-order valence-corrected chi connectivity index (χ3v) is 2.54. The Morgan fingerprint density at radius 2 is 2.00 bits per heavy atom. The van der Waals surface area contributed by atoms with E-state index in [0.29, 0.717) is 15.9 Å². The van der Waals surface area contributed by atoms with E-state index in [2.05, 4.69) is 26.0 Å². The summed E-state index contributed by atoms with van der Waals surface area (Å²) >= 11 is 14.8. The number of hydrogen-bond acceptors (Lipinski definition) is 2. The van der Waals surface area contributed by atoms with Crippen LogP contribution in [-0.4, -0.2) is 14.8 Å². The highest BCUT2D eigenvalue weighted by Gasteiger charge is 2.05. The molecule has 72 valence electrons. The Morgan fingerprint density at radius 3 is 2.57 bits per heavy atom. The van der Waals surface area contributed by atoms with Gasteiger partial charge in [0.15, 0.2) is 5.82 Å². The number of hydrogen-bond donors (Lipinski definition) is 0. The molecule has 0 radical (unpaired) electrons. The molecule has 0 atom stereocenters. The van der Waals surface area contributed by atoms with E-state index in [4.69, 9.17) is 23.2 Å². The van der Waals surface area contributed by atoms with Crippen LogP contribution in [0.3, 0.4) is 0 Å². The molecule has 0 bridgehead atoms. The zero-order valence-corrected chi connectivity index (χ0v) is 9.88. The highest BCUT2D eigenvalue weighted by atomic mass is 79.9. The fourth-order valence-electron chi connectivity index (χ4n) is 0.993. The van der Waals surface area contributed by atoms with Gasteiger partial charge in [0, 0.05) is 6.20 Å². The number of nitrogens with zero attached hydrogens (tertiary/aromatic N) is 3. The van der Waals surface area contributed by atoms with Gasteiger partial charge in [-0.3, -0.25) is 0 Å². The third kappa shape index (κ3) is 1.92. The van der Waals surface area contributed by atoms with Crippen molar-refractivity contribution in [2.75, 3.05) is 0 Å². The van der Waals surface area contributed by atoms with Crippen LogP contribution in [0.5, 0.6) is 0 Å². The third-order valence-electron chi connectivity index (χ3n) is 1.56. The summed E-state index contributed by atoms with van der Waals surface area (Å²) in [7, 11) is 0. The fourth-order valence-corrected chi connectivity index (χ4v) is 1.95. The molecule has 14 heavy (non-hydrogen) atoms. The average molecular weight is 293 g/mol. The van der Waals surface area contributed by atoms with Gasteiger partial charge >= 0.3 is 0 Å². The molecule has 0 N–H and O–H groups in total. The summed E-state index contributed by atoms with van der Waals surface area (Å²) in [6.07, 6.45) is 4.77. The highest BCUT2D eigenvalue weighted by molar-refractivity contribution is 9.10. The molecule has 0 aromatic carbocycles. The Labute approximate surface area is 98.8 Å². The van der Waals surface area contributed by atoms with Gasteiger partial charge in [-0.2, -0.15) is 5.10 Å². The second kappa shape index (κ2) is 3.88. The monoisotopic (exact) mass is 291 g/mol. The zero-order valence-electron chi connectivity index (χ0n) is 6.78. The van der Waals surface area contributed by atoms with Crippen LogP contribution in [0.25, 0.3) is 5.82 Å². The van der Waals surface area contributed by atoms with E-state index >= 15 is 0 Å². The van der Waals surface area contributed by atoms with Gasteiger partial charge in [0.25, 0.3) is 0 Å². The normalized spacial score (nSPS) is 10.5. The Kier molecular flexibility index (Phi) is 2.76. The van der Waals surface area contributed by atoms with Crippen molar-refractivity contribution in [2.45, 2.75) is 0 Å². The van der Waals surface area contributed by atoms with Crippen molar-refractivity contribution in [1.29, 1.82) is 0 Å². The maximum atomic E-state index is 5.76. The minimum absolute atomic E-state index is 0.564. The van der Waals surface area contributed by atoms with E-state index in [-0.39, 0.29) is 0 Å². The first-order valence-electron chi connectivity index (χ1n) is 3.68. The molecule has 3 nitrogen and oxygen atoms in total. The predicted octanol–water partition coefficient (Wildman–Crippen LogP) is 3.34. The molecule has 6 heteroatoms. The van der Waals surface area contributed by atoms with Crippen molar-refractivity contribution in [3.05, 3.63) is 39.2 Å². The standard InChI is InChI=1S/C8H4BrCl2N3/c9-7-1-5(10)2-12-8(7)14-4-6(11)3-13-14/h1-4H. The first-order valence-corrected chi connectivity index (χ1v) is 5.23. The van der Waals surface area contributed by atoms with Crippen LogP contribution in [0.1, 0.15) is 0 Å². The number of aromatic nitrogens is 3. The smallest absolute Gasteiger partial charge is 0.167 e. The Balaban J connectivity index is 2.52. The van der Waals surface area contributed by atoms with Crippen LogP contribution in [0.2, 0.25) is 10.0 Å². The van der Waals surface area contributed by atoms with E-state index in [1.54, 1.807) is 29.3 Å². The fraction of sp³-hybridized carbons (Fsp3) is 0. The van der Waals surface area contributed by atoms with E-state index in [1.807, 2.05) is 0 Å². The summed E-state index contributed by atoms with van der Waals surface area (Å²) in [6, 6.07) is 1.75. The summed E-state index contributed by atoms with van der Waals surface area (Å²) < 4.78 is 2.34. The number of rotatable bonds is 1. The molecule has 0 saturated carbocycles. The van der Waals surface area contributed by atoms with Gasteiger partial charge < -0.3 is 0 Å². The van der Waals surface area contributed by atoms with Crippen LogP contribution in [0.15, 0.2) is 29.1 Å². The van der Waals surface area contributed by atoms with Gasteiger partial charge in [-0.15, -0.1) is 0 Å². The van der Waals surface area contributed by atoms with Crippen molar-refractivity contribution in [2.24, 2.45) is 0 Å². The molecular weight excluding hydrogens is 289 g/mol. The minimum atomic E-state index is 0.564. The molecule has 0 fully saturated rings.